The molecule has 0 atom stereocenters. The maximum absolute atomic E-state index is 6.51. The third-order valence-corrected chi connectivity index (χ3v) is 4.25. The van der Waals surface area contributed by atoms with Crippen LogP contribution in [0.1, 0.15) is 64.2 Å². The summed E-state index contributed by atoms with van der Waals surface area (Å²) in [4.78, 5) is 0. The van der Waals surface area contributed by atoms with Crippen LogP contribution in [0.15, 0.2) is 42.5 Å². The summed E-state index contributed by atoms with van der Waals surface area (Å²) in [6, 6.07) is 14.9. The Bertz CT molecular complexity index is 636. The average molecular weight is 300 g/mol. The molecule has 0 aromatic heterocycles. The summed E-state index contributed by atoms with van der Waals surface area (Å²) in [6.07, 6.45) is 0. The highest BCUT2D eigenvalue weighted by atomic mass is 14.3. The molecule has 2 aromatic carbocycles. The van der Waals surface area contributed by atoms with E-state index in [4.69, 9.17) is 15.7 Å². The Labute approximate surface area is 144 Å². The van der Waals surface area contributed by atoms with Gasteiger partial charge in [-0.2, -0.15) is 0 Å². The SMILES string of the molecule is [B]C(C)(C)c1cc(-c2ccccc2)cc(C([B])(C)C)c1C(C)C. The van der Waals surface area contributed by atoms with E-state index in [1.54, 1.807) is 0 Å². The lowest BCUT2D eigenvalue weighted by atomic mass is 9.59. The minimum Gasteiger partial charge on any atom is -0.0639 e. The van der Waals surface area contributed by atoms with Crippen molar-refractivity contribution in [2.45, 2.75) is 58.1 Å². The molecular weight excluding hydrogens is 274 g/mol. The fourth-order valence-corrected chi connectivity index (χ4v) is 3.14. The van der Waals surface area contributed by atoms with E-state index in [1.165, 1.54) is 27.8 Å². The van der Waals surface area contributed by atoms with Gasteiger partial charge in [-0.3, -0.25) is 0 Å². The van der Waals surface area contributed by atoms with Crippen molar-refractivity contribution in [3.05, 3.63) is 59.2 Å². The topological polar surface area (TPSA) is 0 Å². The monoisotopic (exact) mass is 300 g/mol. The second kappa shape index (κ2) is 6.23. The highest BCUT2D eigenvalue weighted by molar-refractivity contribution is 6.17. The fourth-order valence-electron chi connectivity index (χ4n) is 3.14. The van der Waals surface area contributed by atoms with Gasteiger partial charge < -0.3 is 0 Å². The number of hydrogen-bond acceptors (Lipinski definition) is 0. The molecule has 4 radical (unpaired) electrons. The Kier molecular flexibility index (Phi) is 4.85. The molecule has 0 N–H and O–H groups in total. The molecule has 0 fully saturated rings. The highest BCUT2D eigenvalue weighted by Gasteiger charge is 2.27. The molecule has 0 unspecified atom stereocenters. The molecule has 116 valence electrons. The molecule has 23 heavy (non-hydrogen) atoms. The maximum atomic E-state index is 6.51. The van der Waals surface area contributed by atoms with Crippen molar-refractivity contribution < 1.29 is 0 Å². The van der Waals surface area contributed by atoms with E-state index in [0.717, 1.165) is 0 Å². The molecule has 0 saturated heterocycles. The van der Waals surface area contributed by atoms with E-state index in [0.29, 0.717) is 5.92 Å². The van der Waals surface area contributed by atoms with Crippen LogP contribution in [0, 0.1) is 0 Å². The summed E-state index contributed by atoms with van der Waals surface area (Å²) in [5, 5.41) is -0.825. The van der Waals surface area contributed by atoms with Gasteiger partial charge in [0.25, 0.3) is 0 Å². The predicted octanol–water partition coefficient (Wildman–Crippen LogP) is 5.28. The van der Waals surface area contributed by atoms with Crippen molar-refractivity contribution in [2.75, 3.05) is 0 Å². The van der Waals surface area contributed by atoms with Gasteiger partial charge in [0.15, 0.2) is 0 Å². The van der Waals surface area contributed by atoms with Gasteiger partial charge in [0.2, 0.25) is 0 Å². The van der Waals surface area contributed by atoms with Gasteiger partial charge in [-0.05, 0) is 44.4 Å². The van der Waals surface area contributed by atoms with Crippen LogP contribution in [0.2, 0.25) is 0 Å². The fraction of sp³-hybridized carbons (Fsp3) is 0.429. The Morgan fingerprint density at radius 3 is 1.52 bits per heavy atom. The first kappa shape index (κ1) is 17.9. The van der Waals surface area contributed by atoms with Crippen molar-refractivity contribution in [1.29, 1.82) is 0 Å². The summed E-state index contributed by atoms with van der Waals surface area (Å²) < 4.78 is 0. The molecule has 2 rings (SSSR count). The third-order valence-electron chi connectivity index (χ3n) is 4.25. The van der Waals surface area contributed by atoms with Crippen molar-refractivity contribution in [3.8, 4) is 11.1 Å². The second-order valence-electron chi connectivity index (χ2n) is 7.95. The predicted molar refractivity (Wildman–Crippen MR) is 104 cm³/mol. The second-order valence-corrected chi connectivity index (χ2v) is 7.95. The van der Waals surface area contributed by atoms with E-state index in [9.17, 15) is 0 Å². The molecule has 0 spiro atoms. The smallest absolute Gasteiger partial charge is 0.0639 e. The van der Waals surface area contributed by atoms with Crippen LogP contribution in [0.5, 0.6) is 0 Å². The van der Waals surface area contributed by atoms with E-state index in [1.807, 2.05) is 6.07 Å². The summed E-state index contributed by atoms with van der Waals surface area (Å²) in [5.74, 6) is 0.371. The molecule has 0 nitrogen and oxygen atoms in total. The van der Waals surface area contributed by atoms with Gasteiger partial charge >= 0.3 is 0 Å². The van der Waals surface area contributed by atoms with E-state index >= 15 is 0 Å². The van der Waals surface area contributed by atoms with E-state index < -0.39 is 10.6 Å². The molecular formula is C21H26B2. The van der Waals surface area contributed by atoms with Crippen molar-refractivity contribution >= 4 is 15.7 Å². The van der Waals surface area contributed by atoms with Crippen LogP contribution in [0.4, 0.5) is 0 Å². The zero-order valence-corrected chi connectivity index (χ0v) is 15.3. The van der Waals surface area contributed by atoms with Gasteiger partial charge in [0.05, 0.1) is 15.7 Å². The summed E-state index contributed by atoms with van der Waals surface area (Å²) >= 11 is 0. The van der Waals surface area contributed by atoms with Crippen molar-refractivity contribution in [3.63, 3.8) is 0 Å². The lowest BCUT2D eigenvalue weighted by molar-refractivity contribution is 0.684. The number of benzene rings is 2. The molecule has 2 aromatic rings. The summed E-state index contributed by atoms with van der Waals surface area (Å²) in [5.41, 5.74) is 6.02. The first-order valence-electron chi connectivity index (χ1n) is 8.34. The van der Waals surface area contributed by atoms with Crippen LogP contribution in [-0.4, -0.2) is 15.7 Å². The van der Waals surface area contributed by atoms with Gasteiger partial charge in [-0.25, -0.2) is 0 Å². The largest absolute Gasteiger partial charge is 0.0803 e. The first-order chi connectivity index (χ1) is 10.5. The molecule has 0 aliphatic rings. The van der Waals surface area contributed by atoms with Crippen LogP contribution in [0.3, 0.4) is 0 Å². The quantitative estimate of drug-likeness (QED) is 0.673. The molecule has 0 aliphatic carbocycles. The number of rotatable bonds is 4. The Morgan fingerprint density at radius 1 is 0.739 bits per heavy atom. The highest BCUT2D eigenvalue weighted by Crippen LogP contribution is 2.39. The van der Waals surface area contributed by atoms with Crippen molar-refractivity contribution in [2.24, 2.45) is 0 Å². The Hall–Kier alpha value is -1.43. The molecule has 0 bridgehead atoms. The lowest BCUT2D eigenvalue weighted by Gasteiger charge is -2.33. The lowest BCUT2D eigenvalue weighted by Crippen LogP contribution is -2.26. The van der Waals surface area contributed by atoms with Crippen LogP contribution >= 0.6 is 0 Å². The van der Waals surface area contributed by atoms with Gasteiger partial charge in [0.1, 0.15) is 0 Å². The minimum atomic E-state index is -0.412. The van der Waals surface area contributed by atoms with Gasteiger partial charge in [-0.15, -0.1) is 0 Å². The van der Waals surface area contributed by atoms with Crippen LogP contribution in [-0.2, 0) is 10.6 Å². The third kappa shape index (κ3) is 3.91. The molecule has 0 heterocycles. The van der Waals surface area contributed by atoms with Gasteiger partial charge in [-0.1, -0.05) is 84.0 Å². The minimum absolute atomic E-state index is 0.371. The number of hydrogen-bond donors (Lipinski definition) is 0. The Balaban J connectivity index is 2.84. The molecule has 2 heteroatoms. The first-order valence-corrected chi connectivity index (χ1v) is 8.34. The average Bonchev–Trinajstić information content (AvgIpc) is 2.45. The summed E-state index contributed by atoms with van der Waals surface area (Å²) in [7, 11) is 13.0. The van der Waals surface area contributed by atoms with Crippen LogP contribution in [0.25, 0.3) is 11.1 Å². The summed E-state index contributed by atoms with van der Waals surface area (Å²) in [6.45, 7) is 12.7. The Morgan fingerprint density at radius 2 is 1.17 bits per heavy atom. The van der Waals surface area contributed by atoms with Crippen molar-refractivity contribution in [1.82, 2.24) is 0 Å². The van der Waals surface area contributed by atoms with Gasteiger partial charge in [0, 0.05) is 0 Å². The maximum Gasteiger partial charge on any atom is 0.0803 e. The molecule has 0 amide bonds. The standard InChI is InChI=1S/C21H26B2/c1-14(2)19-17(20(3,4)22)12-16(13-18(19)21(5,6)23)15-10-8-7-9-11-15/h7-14H,1-6H3. The van der Waals surface area contributed by atoms with E-state index in [2.05, 4.69) is 77.9 Å². The zero-order valence-electron chi connectivity index (χ0n) is 15.3. The molecule has 0 saturated carbocycles. The zero-order chi connectivity index (χ0) is 17.4. The normalized spacial score (nSPS) is 12.7. The van der Waals surface area contributed by atoms with E-state index in [-0.39, 0.29) is 0 Å². The molecule has 0 aliphatic heterocycles. The van der Waals surface area contributed by atoms with Crippen LogP contribution < -0.4 is 0 Å².